The third kappa shape index (κ3) is 7.29. The Bertz CT molecular complexity index is 2830. The Morgan fingerprint density at radius 3 is 2.46 bits per heavy atom. The van der Waals surface area contributed by atoms with Gasteiger partial charge in [-0.1, -0.05) is 0 Å². The highest BCUT2D eigenvalue weighted by Gasteiger charge is 2.45. The normalized spacial score (nSPS) is 20.7. The number of hydrogen-bond donors (Lipinski definition) is 2. The van der Waals surface area contributed by atoms with Crippen LogP contribution in [0.3, 0.4) is 0 Å². The lowest BCUT2D eigenvalue weighted by molar-refractivity contribution is -0.136. The second kappa shape index (κ2) is 15.9. The highest BCUT2D eigenvalue weighted by Crippen LogP contribution is 2.40. The molecule has 334 valence electrons. The van der Waals surface area contributed by atoms with Crippen molar-refractivity contribution in [3.63, 3.8) is 0 Å². The number of benzene rings is 2. The van der Waals surface area contributed by atoms with Crippen molar-refractivity contribution >= 4 is 63.3 Å². The molecule has 17 nitrogen and oxygen atoms in total. The fourth-order valence-electron chi connectivity index (χ4n) is 10.5. The number of carbonyl (C=O) groups is 5. The number of nitrogens with zero attached hydrogens (tertiary/aromatic N) is 9. The zero-order valence-electron chi connectivity index (χ0n) is 36.2. The molecular weight excluding hydrogens is 834 g/mol. The van der Waals surface area contributed by atoms with Crippen LogP contribution in [0.15, 0.2) is 54.9 Å². The van der Waals surface area contributed by atoms with Crippen LogP contribution in [0.5, 0.6) is 5.88 Å². The van der Waals surface area contributed by atoms with Crippen LogP contribution in [0.2, 0.25) is 0 Å². The molecule has 65 heavy (non-hydrogen) atoms. The van der Waals surface area contributed by atoms with Gasteiger partial charge < -0.3 is 29.7 Å². The lowest BCUT2D eigenvalue weighted by Gasteiger charge is -2.45. The number of amides is 5. The summed E-state index contributed by atoms with van der Waals surface area (Å²) in [5, 5.41) is 11.8. The van der Waals surface area contributed by atoms with E-state index in [-0.39, 0.29) is 42.7 Å². The van der Waals surface area contributed by atoms with E-state index >= 15 is 4.39 Å². The first kappa shape index (κ1) is 40.8. The van der Waals surface area contributed by atoms with Gasteiger partial charge in [0.15, 0.2) is 5.82 Å². The maximum Gasteiger partial charge on any atom is 0.262 e. The first-order chi connectivity index (χ1) is 31.4. The molecule has 1 unspecified atom stereocenters. The molecule has 0 aliphatic carbocycles. The van der Waals surface area contributed by atoms with Crippen molar-refractivity contribution in [1.82, 2.24) is 39.8 Å². The van der Waals surface area contributed by atoms with Gasteiger partial charge in [-0.2, -0.15) is 5.10 Å². The number of anilines is 4. The summed E-state index contributed by atoms with van der Waals surface area (Å²) in [5.74, 6) is -0.163. The van der Waals surface area contributed by atoms with Crippen LogP contribution >= 0.6 is 0 Å². The van der Waals surface area contributed by atoms with E-state index in [1.54, 1.807) is 29.2 Å². The average molecular weight is 882 g/mol. The molecule has 18 heteroatoms. The van der Waals surface area contributed by atoms with E-state index in [2.05, 4.69) is 35.3 Å². The summed E-state index contributed by atoms with van der Waals surface area (Å²) in [7, 11) is 1.99. The van der Waals surface area contributed by atoms with E-state index in [1.807, 2.05) is 43.1 Å². The van der Waals surface area contributed by atoms with Crippen molar-refractivity contribution in [2.24, 2.45) is 5.92 Å². The van der Waals surface area contributed by atoms with Crippen molar-refractivity contribution in [1.29, 1.82) is 0 Å². The van der Waals surface area contributed by atoms with E-state index in [1.165, 1.54) is 6.07 Å². The molecule has 0 saturated carbocycles. The Labute approximate surface area is 373 Å². The largest absolute Gasteiger partial charge is 0.474 e. The molecule has 6 aliphatic rings. The highest BCUT2D eigenvalue weighted by molar-refractivity contribution is 6.23. The molecule has 1 atom stereocenters. The van der Waals surface area contributed by atoms with Gasteiger partial charge in [0, 0.05) is 117 Å². The number of aromatic nitrogens is 4. The number of ether oxygens (including phenoxy) is 1. The van der Waals surface area contributed by atoms with Gasteiger partial charge in [0.05, 0.1) is 17.7 Å². The van der Waals surface area contributed by atoms with Crippen molar-refractivity contribution in [3.05, 3.63) is 83.1 Å². The number of likely N-dealkylation sites (tertiary alicyclic amines) is 1. The third-order valence-corrected chi connectivity index (χ3v) is 14.0. The van der Waals surface area contributed by atoms with Gasteiger partial charge in [0.2, 0.25) is 23.6 Å². The molecule has 9 heterocycles. The van der Waals surface area contributed by atoms with Crippen LogP contribution in [0, 0.1) is 18.7 Å². The standard InChI is InChI=1S/C47H48FN11O6/c1-26-36(21-50-45-43(26)54(2)13-14-65-45)34-15-28-17-39(49-20-29(28)16-37(34)48)51-40-19-32-9-12-57(42(61)25-58(32)53-40)30-7-10-55(11-8-30)22-27-23-56(24-27)31-3-4-33-35(18-31)47(64)59(46(33)63)38-5-6-41(60)52-44(38)62/h3-4,15-21,27,30,38H,5-14,22-25H2,1-2H3,(H,49,51,53)(H,52,60,62). The smallest absolute Gasteiger partial charge is 0.262 e. The van der Waals surface area contributed by atoms with Crippen molar-refractivity contribution < 1.29 is 33.1 Å². The van der Waals surface area contributed by atoms with Gasteiger partial charge in [-0.15, -0.1) is 0 Å². The average Bonchev–Trinajstić information content (AvgIpc) is 3.71. The molecule has 5 amide bonds. The summed E-state index contributed by atoms with van der Waals surface area (Å²) < 4.78 is 23.1. The summed E-state index contributed by atoms with van der Waals surface area (Å²) in [6.45, 7) is 8.42. The second-order valence-corrected chi connectivity index (χ2v) is 18.1. The predicted octanol–water partition coefficient (Wildman–Crippen LogP) is 3.90. The van der Waals surface area contributed by atoms with Crippen LogP contribution < -0.4 is 25.2 Å². The maximum absolute atomic E-state index is 15.6. The Balaban J connectivity index is 0.674. The molecule has 11 rings (SSSR count). The third-order valence-electron chi connectivity index (χ3n) is 14.0. The Hall–Kier alpha value is -6.95. The molecule has 3 aromatic heterocycles. The summed E-state index contributed by atoms with van der Waals surface area (Å²) in [4.78, 5) is 83.1. The van der Waals surface area contributed by atoms with Crippen LogP contribution in [0.25, 0.3) is 21.9 Å². The minimum absolute atomic E-state index is 0.0596. The fraction of sp³-hybridized carbons (Fsp3) is 0.404. The molecule has 2 aromatic carbocycles. The van der Waals surface area contributed by atoms with Crippen LogP contribution in [-0.4, -0.2) is 136 Å². The number of imide groups is 2. The van der Waals surface area contributed by atoms with Crippen LogP contribution in [0.1, 0.15) is 57.7 Å². The lowest BCUT2D eigenvalue weighted by atomic mass is 9.95. The van der Waals surface area contributed by atoms with Gasteiger partial charge >= 0.3 is 0 Å². The number of piperidine rings is 2. The number of hydrogen-bond acceptors (Lipinski definition) is 13. The van der Waals surface area contributed by atoms with E-state index in [4.69, 9.17) is 9.84 Å². The summed E-state index contributed by atoms with van der Waals surface area (Å²) in [6.07, 6.45) is 6.00. The highest BCUT2D eigenvalue weighted by atomic mass is 19.1. The molecule has 6 aliphatic heterocycles. The summed E-state index contributed by atoms with van der Waals surface area (Å²) in [5.41, 5.74) is 5.33. The van der Waals surface area contributed by atoms with Crippen LogP contribution in [-0.2, 0) is 27.3 Å². The van der Waals surface area contributed by atoms with E-state index in [0.29, 0.717) is 65.1 Å². The zero-order chi connectivity index (χ0) is 44.7. The SMILES string of the molecule is Cc1c(-c2cc3cc(Nc4cc5n(n4)CC(=O)N(C4CCN(CC6CN(c7ccc8c(c7)C(=O)N(C7CCC(=O)NC7=O)C8=O)C6)CC4)CC5)ncc3cc2F)cnc2c1N(C)CCO2. The number of fused-ring (bicyclic) bond motifs is 4. The number of halogens is 1. The van der Waals surface area contributed by atoms with E-state index in [9.17, 15) is 24.0 Å². The van der Waals surface area contributed by atoms with Gasteiger partial charge in [-0.05, 0) is 73.5 Å². The van der Waals surface area contributed by atoms with Crippen molar-refractivity contribution in [2.75, 3.05) is 74.6 Å². The second-order valence-electron chi connectivity index (χ2n) is 18.1. The molecule has 0 radical (unpaired) electrons. The van der Waals surface area contributed by atoms with Crippen molar-refractivity contribution in [2.45, 2.75) is 57.7 Å². The van der Waals surface area contributed by atoms with Crippen molar-refractivity contribution in [3.8, 4) is 17.0 Å². The number of pyridine rings is 2. The number of carbonyl (C=O) groups excluding carboxylic acids is 5. The van der Waals surface area contributed by atoms with Gasteiger partial charge in [0.1, 0.15) is 36.5 Å². The molecular formula is C47H48FN11O6. The first-order valence-electron chi connectivity index (χ1n) is 22.3. The first-order valence-corrected chi connectivity index (χ1v) is 22.3. The minimum atomic E-state index is -0.986. The topological polar surface area (TPSA) is 178 Å². The number of likely N-dealkylation sites (N-methyl/N-ethyl adjacent to an activating group) is 1. The van der Waals surface area contributed by atoms with Gasteiger partial charge in [-0.25, -0.2) is 14.4 Å². The molecule has 5 aromatic rings. The van der Waals surface area contributed by atoms with E-state index in [0.717, 1.165) is 85.0 Å². The summed E-state index contributed by atoms with van der Waals surface area (Å²) >= 11 is 0. The van der Waals surface area contributed by atoms with Crippen LogP contribution in [0.4, 0.5) is 27.4 Å². The monoisotopic (exact) mass is 881 g/mol. The Morgan fingerprint density at radius 1 is 0.831 bits per heavy atom. The number of nitrogens with one attached hydrogen (secondary N) is 2. The molecule has 3 fully saturated rings. The zero-order valence-corrected chi connectivity index (χ0v) is 36.2. The minimum Gasteiger partial charge on any atom is -0.474 e. The van der Waals surface area contributed by atoms with Gasteiger partial charge in [0.25, 0.3) is 11.8 Å². The maximum atomic E-state index is 15.6. The molecule has 0 spiro atoms. The molecule has 3 saturated heterocycles. The molecule has 2 N–H and O–H groups in total. The quantitative estimate of drug-likeness (QED) is 0.215. The fourth-order valence-corrected chi connectivity index (χ4v) is 10.5. The van der Waals surface area contributed by atoms with Gasteiger partial charge in [-0.3, -0.25) is 38.9 Å². The Kier molecular flexibility index (Phi) is 10.0. The molecule has 0 bridgehead atoms. The summed E-state index contributed by atoms with van der Waals surface area (Å²) in [6, 6.07) is 11.6. The lowest BCUT2D eigenvalue weighted by Crippen LogP contribution is -2.54. The Morgan fingerprint density at radius 2 is 1.65 bits per heavy atom. The number of rotatable bonds is 8. The van der Waals surface area contributed by atoms with E-state index < -0.39 is 29.7 Å². The predicted molar refractivity (Wildman–Crippen MR) is 238 cm³/mol.